The van der Waals surface area contributed by atoms with Gasteiger partial charge in [0.1, 0.15) is 0 Å². The van der Waals surface area contributed by atoms with Crippen LogP contribution in [0.1, 0.15) is 5.56 Å². The molecule has 0 aliphatic carbocycles. The molecule has 0 spiro atoms. The monoisotopic (exact) mass is 552 g/mol. The van der Waals surface area contributed by atoms with Crippen molar-refractivity contribution >= 4 is 44.0 Å². The van der Waals surface area contributed by atoms with E-state index in [1.165, 1.54) is 13.3 Å². The fourth-order valence-corrected chi connectivity index (χ4v) is 3.53. The molecule has 0 amide bonds. The molecule has 0 radical (unpaired) electrons. The molecule has 6 nitrogen and oxygen atoms in total. The van der Waals surface area contributed by atoms with Crippen molar-refractivity contribution < 1.29 is 9.84 Å². The molecule has 0 saturated heterocycles. The average molecular weight is 554 g/mol. The van der Waals surface area contributed by atoms with Crippen LogP contribution in [0, 0.1) is 0 Å². The van der Waals surface area contributed by atoms with E-state index in [1.54, 1.807) is 18.2 Å². The number of nitrogens with zero attached hydrogens (tertiary/aromatic N) is 3. The fourth-order valence-electron chi connectivity index (χ4n) is 3.00. The van der Waals surface area contributed by atoms with Gasteiger partial charge in [-0.15, -0.1) is 0 Å². The first-order valence-electron chi connectivity index (χ1n) is 9.59. The van der Waals surface area contributed by atoms with Gasteiger partial charge in [-0.05, 0) is 42.5 Å². The van der Waals surface area contributed by atoms with Gasteiger partial charge in [0.15, 0.2) is 11.5 Å². The number of halogens is 2. The highest BCUT2D eigenvalue weighted by molar-refractivity contribution is 9.10. The summed E-state index contributed by atoms with van der Waals surface area (Å²) in [4.78, 5) is 9.23. The lowest BCUT2D eigenvalue weighted by Crippen LogP contribution is -2.00. The highest BCUT2D eigenvalue weighted by Gasteiger charge is 2.09. The van der Waals surface area contributed by atoms with Crippen LogP contribution in [0.15, 0.2) is 86.8 Å². The number of aromatic nitrogens is 2. The molecule has 0 unspecified atom stereocenters. The minimum absolute atomic E-state index is 0.0145. The number of nitrogens with one attached hydrogen (secondary N) is 1. The largest absolute Gasteiger partial charge is 0.504 e. The van der Waals surface area contributed by atoms with Crippen LogP contribution in [0.5, 0.6) is 11.5 Å². The van der Waals surface area contributed by atoms with E-state index < -0.39 is 0 Å². The second kappa shape index (κ2) is 9.93. The maximum Gasteiger partial charge on any atom is 0.244 e. The Morgan fingerprint density at radius 3 is 1.97 bits per heavy atom. The van der Waals surface area contributed by atoms with E-state index in [0.717, 1.165) is 31.5 Å². The summed E-state index contributed by atoms with van der Waals surface area (Å²) in [6.45, 7) is 0. The quantitative estimate of drug-likeness (QED) is 0.210. The molecule has 0 fully saturated rings. The van der Waals surface area contributed by atoms with Gasteiger partial charge in [-0.1, -0.05) is 62.2 Å². The van der Waals surface area contributed by atoms with E-state index in [-0.39, 0.29) is 5.75 Å². The third-order valence-corrected chi connectivity index (χ3v) is 5.68. The highest BCUT2D eigenvalue weighted by Crippen LogP contribution is 2.29. The first kappa shape index (κ1) is 22.0. The lowest BCUT2D eigenvalue weighted by Gasteiger charge is -2.09. The second-order valence-electron chi connectivity index (χ2n) is 6.74. The Kier molecular flexibility index (Phi) is 6.82. The summed E-state index contributed by atoms with van der Waals surface area (Å²) in [6, 6.07) is 22.9. The molecule has 0 aliphatic heterocycles. The van der Waals surface area contributed by atoms with E-state index >= 15 is 0 Å². The summed E-state index contributed by atoms with van der Waals surface area (Å²) in [6.07, 6.45) is 1.49. The molecular formula is C24H18Br2N4O2. The molecule has 3 aromatic carbocycles. The summed E-state index contributed by atoms with van der Waals surface area (Å²) >= 11 is 6.93. The van der Waals surface area contributed by atoms with E-state index in [4.69, 9.17) is 4.74 Å². The third kappa shape index (κ3) is 5.15. The lowest BCUT2D eigenvalue weighted by molar-refractivity contribution is 0.373. The normalized spacial score (nSPS) is 11.0. The van der Waals surface area contributed by atoms with Crippen LogP contribution in [-0.2, 0) is 0 Å². The molecule has 32 heavy (non-hydrogen) atoms. The van der Waals surface area contributed by atoms with Crippen molar-refractivity contribution in [2.75, 3.05) is 12.5 Å². The van der Waals surface area contributed by atoms with Crippen LogP contribution in [0.4, 0.5) is 5.95 Å². The number of methoxy groups -OCH3 is 1. The number of para-hydroxylation sites is 1. The highest BCUT2D eigenvalue weighted by atomic mass is 79.9. The van der Waals surface area contributed by atoms with Crippen LogP contribution in [-0.4, -0.2) is 28.4 Å². The van der Waals surface area contributed by atoms with Crippen molar-refractivity contribution in [2.24, 2.45) is 5.10 Å². The van der Waals surface area contributed by atoms with Gasteiger partial charge < -0.3 is 9.84 Å². The summed E-state index contributed by atoms with van der Waals surface area (Å²) in [5.74, 6) is 0.725. The van der Waals surface area contributed by atoms with Gasteiger partial charge >= 0.3 is 0 Å². The molecule has 4 rings (SSSR count). The van der Waals surface area contributed by atoms with Crippen molar-refractivity contribution in [1.82, 2.24) is 9.97 Å². The number of rotatable bonds is 6. The lowest BCUT2D eigenvalue weighted by atomic mass is 10.1. The topological polar surface area (TPSA) is 79.6 Å². The van der Waals surface area contributed by atoms with Gasteiger partial charge in [-0.2, -0.15) is 5.10 Å². The van der Waals surface area contributed by atoms with Gasteiger partial charge in [-0.25, -0.2) is 15.4 Å². The van der Waals surface area contributed by atoms with Gasteiger partial charge in [0.25, 0.3) is 0 Å². The minimum Gasteiger partial charge on any atom is -0.504 e. The molecule has 1 aromatic heterocycles. The van der Waals surface area contributed by atoms with Crippen molar-refractivity contribution in [1.29, 1.82) is 0 Å². The van der Waals surface area contributed by atoms with Crippen molar-refractivity contribution in [2.45, 2.75) is 0 Å². The summed E-state index contributed by atoms with van der Waals surface area (Å²) < 4.78 is 7.11. The first-order valence-corrected chi connectivity index (χ1v) is 11.2. The SMILES string of the molecule is COc1cccc(C=NNc2nc(-c3ccc(Br)cc3)cc(-c3ccc(Br)cc3)n2)c1O. The summed E-state index contributed by atoms with van der Waals surface area (Å²) in [7, 11) is 1.50. The Morgan fingerprint density at radius 1 is 0.875 bits per heavy atom. The van der Waals surface area contributed by atoms with E-state index in [1.807, 2.05) is 54.6 Å². The standard InChI is InChI=1S/C24H18Br2N4O2/c1-32-22-4-2-3-17(23(22)31)14-27-30-24-28-20(15-5-9-18(25)10-6-15)13-21(29-24)16-7-11-19(26)12-8-16/h2-14,31H,1H3,(H,28,29,30). The summed E-state index contributed by atoms with van der Waals surface area (Å²) in [5.41, 5.74) is 6.80. The number of benzene rings is 3. The van der Waals surface area contributed by atoms with E-state index in [0.29, 0.717) is 17.3 Å². The van der Waals surface area contributed by atoms with Gasteiger partial charge in [0.05, 0.1) is 24.7 Å². The maximum absolute atomic E-state index is 10.2. The zero-order valence-corrected chi connectivity index (χ0v) is 20.1. The number of ether oxygens (including phenoxy) is 1. The molecule has 160 valence electrons. The maximum atomic E-state index is 10.2. The molecule has 4 aromatic rings. The van der Waals surface area contributed by atoms with Crippen LogP contribution >= 0.6 is 31.9 Å². The third-order valence-electron chi connectivity index (χ3n) is 4.62. The number of phenolic OH excluding ortho intramolecular Hbond substituents is 1. The molecule has 0 bridgehead atoms. The first-order chi connectivity index (χ1) is 15.5. The molecule has 8 heteroatoms. The zero-order valence-electron chi connectivity index (χ0n) is 17.0. The predicted molar refractivity (Wildman–Crippen MR) is 134 cm³/mol. The smallest absolute Gasteiger partial charge is 0.244 e. The number of hydrogen-bond donors (Lipinski definition) is 2. The Balaban J connectivity index is 1.69. The Morgan fingerprint density at radius 2 is 1.44 bits per heavy atom. The van der Waals surface area contributed by atoms with E-state index in [9.17, 15) is 5.11 Å². The van der Waals surface area contributed by atoms with Crippen LogP contribution in [0.3, 0.4) is 0 Å². The van der Waals surface area contributed by atoms with Crippen LogP contribution < -0.4 is 10.2 Å². The Labute approximate surface area is 202 Å². The van der Waals surface area contributed by atoms with Gasteiger partial charge in [-0.3, -0.25) is 0 Å². The van der Waals surface area contributed by atoms with Crippen molar-refractivity contribution in [3.8, 4) is 34.0 Å². The van der Waals surface area contributed by atoms with Crippen LogP contribution in [0.2, 0.25) is 0 Å². The summed E-state index contributed by atoms with van der Waals surface area (Å²) in [5, 5.41) is 14.4. The molecule has 0 saturated carbocycles. The number of phenols is 1. The molecule has 1 heterocycles. The van der Waals surface area contributed by atoms with Crippen molar-refractivity contribution in [3.05, 3.63) is 87.3 Å². The number of hydrazone groups is 1. The molecule has 0 aliphatic rings. The average Bonchev–Trinajstić information content (AvgIpc) is 2.81. The number of aromatic hydroxyl groups is 1. The molecular weight excluding hydrogens is 536 g/mol. The van der Waals surface area contributed by atoms with Gasteiger partial charge in [0, 0.05) is 25.6 Å². The molecule has 0 atom stereocenters. The Bertz CT molecular complexity index is 1200. The Hall–Kier alpha value is -3.23. The zero-order chi connectivity index (χ0) is 22.5. The second-order valence-corrected chi connectivity index (χ2v) is 8.58. The predicted octanol–water partition coefficient (Wildman–Crippen LogP) is 6.50. The van der Waals surface area contributed by atoms with Gasteiger partial charge in [0.2, 0.25) is 5.95 Å². The minimum atomic E-state index is 0.0145. The van der Waals surface area contributed by atoms with Crippen molar-refractivity contribution in [3.63, 3.8) is 0 Å². The fraction of sp³-hybridized carbons (Fsp3) is 0.0417. The van der Waals surface area contributed by atoms with Crippen LogP contribution in [0.25, 0.3) is 22.5 Å². The molecule has 2 N–H and O–H groups in total. The number of anilines is 1. The van der Waals surface area contributed by atoms with E-state index in [2.05, 4.69) is 52.4 Å². The number of hydrogen-bond acceptors (Lipinski definition) is 6.